The number of aromatic hydroxyl groups is 2. The minimum atomic E-state index is 0.322. The zero-order valence-corrected chi connectivity index (χ0v) is 17.0. The van der Waals surface area contributed by atoms with Crippen molar-refractivity contribution in [3.8, 4) is 33.8 Å². The van der Waals surface area contributed by atoms with Crippen LogP contribution >= 0.6 is 0 Å². The molecular weight excluding hydrogens is 368 g/mol. The Morgan fingerprint density at radius 1 is 0.467 bits per heavy atom. The summed E-state index contributed by atoms with van der Waals surface area (Å²) >= 11 is 0. The lowest BCUT2D eigenvalue weighted by Crippen LogP contribution is -1.91. The van der Waals surface area contributed by atoms with E-state index in [0.717, 1.165) is 47.9 Å². The van der Waals surface area contributed by atoms with Gasteiger partial charge in [-0.05, 0) is 72.2 Å². The fourth-order valence-electron chi connectivity index (χ4n) is 3.83. The quantitative estimate of drug-likeness (QED) is 0.331. The summed E-state index contributed by atoms with van der Waals surface area (Å²) in [7, 11) is 0. The highest BCUT2D eigenvalue weighted by atomic mass is 16.3. The third kappa shape index (κ3) is 4.72. The van der Waals surface area contributed by atoms with E-state index in [0.29, 0.717) is 11.5 Å². The molecule has 0 aromatic heterocycles. The number of hydrogen-bond acceptors (Lipinski definition) is 2. The van der Waals surface area contributed by atoms with Crippen molar-refractivity contribution in [2.24, 2.45) is 0 Å². The standard InChI is InChI=1S/C28H26O2/c29-27-17-15-21(19-25(27)23-11-3-1-4-12-23)9-7-8-10-22-16-18-28(30)26(20-22)24-13-5-2-6-14-24/h1-6,11-20,29-30H,7-10H2. The lowest BCUT2D eigenvalue weighted by atomic mass is 9.97. The Morgan fingerprint density at radius 2 is 0.867 bits per heavy atom. The predicted octanol–water partition coefficient (Wildman–Crippen LogP) is 7.00. The van der Waals surface area contributed by atoms with Crippen LogP contribution in [-0.4, -0.2) is 10.2 Å². The molecule has 30 heavy (non-hydrogen) atoms. The van der Waals surface area contributed by atoms with Crippen LogP contribution in [0, 0.1) is 0 Å². The first kappa shape index (κ1) is 19.8. The van der Waals surface area contributed by atoms with E-state index in [9.17, 15) is 10.2 Å². The number of benzene rings is 4. The van der Waals surface area contributed by atoms with Gasteiger partial charge in [0.2, 0.25) is 0 Å². The van der Waals surface area contributed by atoms with E-state index in [1.807, 2.05) is 72.8 Å². The summed E-state index contributed by atoms with van der Waals surface area (Å²) in [6.45, 7) is 0. The Labute approximate surface area is 178 Å². The number of phenolic OH excluding ortho intramolecular Hbond substituents is 2. The number of phenols is 2. The third-order valence-electron chi connectivity index (χ3n) is 5.47. The molecular formula is C28H26O2. The highest BCUT2D eigenvalue weighted by Crippen LogP contribution is 2.31. The first-order chi connectivity index (χ1) is 14.7. The fourth-order valence-corrected chi connectivity index (χ4v) is 3.83. The summed E-state index contributed by atoms with van der Waals surface area (Å²) in [5.74, 6) is 0.643. The lowest BCUT2D eigenvalue weighted by Gasteiger charge is -2.10. The second-order valence-electron chi connectivity index (χ2n) is 7.64. The van der Waals surface area contributed by atoms with Crippen LogP contribution in [0.25, 0.3) is 22.3 Å². The highest BCUT2D eigenvalue weighted by molar-refractivity contribution is 5.71. The molecule has 4 aromatic carbocycles. The molecule has 0 aliphatic heterocycles. The van der Waals surface area contributed by atoms with Crippen LogP contribution in [0.15, 0.2) is 97.1 Å². The van der Waals surface area contributed by atoms with Crippen molar-refractivity contribution in [3.05, 3.63) is 108 Å². The van der Waals surface area contributed by atoms with Crippen LogP contribution in [0.3, 0.4) is 0 Å². The van der Waals surface area contributed by atoms with Crippen molar-refractivity contribution in [1.29, 1.82) is 0 Å². The number of aryl methyl sites for hydroxylation is 2. The Bertz CT molecular complexity index is 1010. The summed E-state index contributed by atoms with van der Waals surface area (Å²) in [4.78, 5) is 0. The maximum atomic E-state index is 10.2. The number of unbranched alkanes of at least 4 members (excludes halogenated alkanes) is 1. The van der Waals surface area contributed by atoms with Gasteiger partial charge >= 0.3 is 0 Å². The minimum absolute atomic E-state index is 0.322. The van der Waals surface area contributed by atoms with Crippen molar-refractivity contribution in [2.45, 2.75) is 25.7 Å². The van der Waals surface area contributed by atoms with Crippen molar-refractivity contribution in [1.82, 2.24) is 0 Å². The lowest BCUT2D eigenvalue weighted by molar-refractivity contribution is 0.476. The topological polar surface area (TPSA) is 40.5 Å². The molecule has 2 heteroatoms. The molecule has 4 aromatic rings. The van der Waals surface area contributed by atoms with Crippen LogP contribution in [0.5, 0.6) is 11.5 Å². The Hall–Kier alpha value is -3.52. The smallest absolute Gasteiger partial charge is 0.123 e. The average molecular weight is 395 g/mol. The molecule has 0 fully saturated rings. The van der Waals surface area contributed by atoms with E-state index in [-0.39, 0.29) is 0 Å². The second-order valence-corrected chi connectivity index (χ2v) is 7.64. The molecule has 0 aliphatic rings. The number of hydrogen-bond donors (Lipinski definition) is 2. The van der Waals surface area contributed by atoms with Crippen molar-refractivity contribution in [3.63, 3.8) is 0 Å². The van der Waals surface area contributed by atoms with Crippen molar-refractivity contribution < 1.29 is 10.2 Å². The van der Waals surface area contributed by atoms with Crippen LogP contribution in [-0.2, 0) is 12.8 Å². The van der Waals surface area contributed by atoms with E-state index in [1.54, 1.807) is 12.1 Å². The molecule has 0 heterocycles. The maximum Gasteiger partial charge on any atom is 0.123 e. The molecule has 0 amide bonds. The first-order valence-electron chi connectivity index (χ1n) is 10.5. The third-order valence-corrected chi connectivity index (χ3v) is 5.47. The van der Waals surface area contributed by atoms with Gasteiger partial charge in [-0.25, -0.2) is 0 Å². The predicted molar refractivity (Wildman–Crippen MR) is 124 cm³/mol. The monoisotopic (exact) mass is 394 g/mol. The Kier molecular flexibility index (Phi) is 6.14. The van der Waals surface area contributed by atoms with Gasteiger partial charge in [-0.15, -0.1) is 0 Å². The minimum Gasteiger partial charge on any atom is -0.507 e. The van der Waals surface area contributed by atoms with Crippen LogP contribution in [0.2, 0.25) is 0 Å². The van der Waals surface area contributed by atoms with Crippen LogP contribution in [0.1, 0.15) is 24.0 Å². The molecule has 150 valence electrons. The van der Waals surface area contributed by atoms with Crippen molar-refractivity contribution >= 4 is 0 Å². The Balaban J connectivity index is 1.38. The molecule has 2 N–H and O–H groups in total. The zero-order chi connectivity index (χ0) is 20.8. The van der Waals surface area contributed by atoms with Gasteiger partial charge < -0.3 is 10.2 Å². The SMILES string of the molecule is Oc1ccc(CCCCc2ccc(O)c(-c3ccccc3)c2)cc1-c1ccccc1. The van der Waals surface area contributed by atoms with E-state index >= 15 is 0 Å². The van der Waals surface area contributed by atoms with E-state index in [1.165, 1.54) is 11.1 Å². The molecule has 0 aliphatic carbocycles. The van der Waals surface area contributed by atoms with Gasteiger partial charge in [-0.1, -0.05) is 72.8 Å². The fraction of sp³-hybridized carbons (Fsp3) is 0.143. The summed E-state index contributed by atoms with van der Waals surface area (Å²) in [6.07, 6.45) is 4.09. The van der Waals surface area contributed by atoms with E-state index in [4.69, 9.17) is 0 Å². The largest absolute Gasteiger partial charge is 0.507 e. The van der Waals surface area contributed by atoms with Crippen LogP contribution < -0.4 is 0 Å². The maximum absolute atomic E-state index is 10.2. The molecule has 0 saturated heterocycles. The highest BCUT2D eigenvalue weighted by Gasteiger charge is 2.07. The molecule has 0 atom stereocenters. The van der Waals surface area contributed by atoms with E-state index in [2.05, 4.69) is 12.1 Å². The summed E-state index contributed by atoms with van der Waals surface area (Å²) in [6, 6.07) is 31.8. The van der Waals surface area contributed by atoms with Gasteiger partial charge in [-0.3, -0.25) is 0 Å². The molecule has 0 spiro atoms. The van der Waals surface area contributed by atoms with Gasteiger partial charge in [0.1, 0.15) is 11.5 Å². The normalized spacial score (nSPS) is 10.8. The number of rotatable bonds is 7. The summed E-state index contributed by atoms with van der Waals surface area (Å²) < 4.78 is 0. The van der Waals surface area contributed by atoms with Gasteiger partial charge in [0.15, 0.2) is 0 Å². The molecule has 0 radical (unpaired) electrons. The average Bonchev–Trinajstić information content (AvgIpc) is 2.80. The molecule has 4 rings (SSSR count). The van der Waals surface area contributed by atoms with E-state index < -0.39 is 0 Å². The van der Waals surface area contributed by atoms with Crippen LogP contribution in [0.4, 0.5) is 0 Å². The van der Waals surface area contributed by atoms with Gasteiger partial charge in [-0.2, -0.15) is 0 Å². The summed E-state index contributed by atoms with van der Waals surface area (Å²) in [5, 5.41) is 20.5. The zero-order valence-electron chi connectivity index (χ0n) is 17.0. The molecule has 0 unspecified atom stereocenters. The van der Waals surface area contributed by atoms with Gasteiger partial charge in [0.25, 0.3) is 0 Å². The Morgan fingerprint density at radius 3 is 1.27 bits per heavy atom. The van der Waals surface area contributed by atoms with Crippen molar-refractivity contribution in [2.75, 3.05) is 0 Å². The second kappa shape index (κ2) is 9.32. The van der Waals surface area contributed by atoms with Gasteiger partial charge in [0.05, 0.1) is 0 Å². The molecule has 2 nitrogen and oxygen atoms in total. The molecule has 0 bridgehead atoms. The van der Waals surface area contributed by atoms with Gasteiger partial charge in [0, 0.05) is 11.1 Å². The molecule has 0 saturated carbocycles. The first-order valence-corrected chi connectivity index (χ1v) is 10.5. The summed E-state index contributed by atoms with van der Waals surface area (Å²) in [5.41, 5.74) is 6.33.